The van der Waals surface area contributed by atoms with Crippen LogP contribution in [0.25, 0.3) is 0 Å². The van der Waals surface area contributed by atoms with Gasteiger partial charge in [0, 0.05) is 16.8 Å². The molecule has 0 radical (unpaired) electrons. The van der Waals surface area contributed by atoms with Crippen molar-refractivity contribution in [3.8, 4) is 0 Å². The molecule has 11 heteroatoms. The van der Waals surface area contributed by atoms with Crippen LogP contribution in [0.2, 0.25) is 0 Å². The highest BCUT2D eigenvalue weighted by Gasteiger charge is 2.70. The molecule has 0 atom stereocenters. The van der Waals surface area contributed by atoms with Crippen LogP contribution in [0.4, 0.5) is 21.3 Å². The van der Waals surface area contributed by atoms with Gasteiger partial charge in [-0.2, -0.15) is 0 Å². The monoisotopic (exact) mass is 233 g/mol. The first kappa shape index (κ1) is 9.90. The molecule has 0 bridgehead atoms. The molecule has 66 valence electrons. The molecule has 0 aromatic carbocycles. The van der Waals surface area contributed by atoms with Gasteiger partial charge >= 0.3 is 23.4 Å². The fraction of sp³-hybridized carbons (Fsp3) is 0. The molecule has 1 fully saturated rings. The summed E-state index contributed by atoms with van der Waals surface area (Å²) in [6.45, 7) is 0. The molecule has 0 aliphatic carbocycles. The van der Waals surface area contributed by atoms with Gasteiger partial charge < -0.3 is 0 Å². The van der Waals surface area contributed by atoms with Gasteiger partial charge in [-0.05, 0) is 10.4 Å². The molecule has 0 saturated carbocycles. The minimum atomic E-state index is -4.95. The summed E-state index contributed by atoms with van der Waals surface area (Å²) in [5.74, 6) is 0. The quantitative estimate of drug-likeness (QED) is 0.382. The summed E-state index contributed by atoms with van der Waals surface area (Å²) in [4.78, 5) is 0. The second-order valence-electron chi connectivity index (χ2n) is 1.61. The summed E-state index contributed by atoms with van der Waals surface area (Å²) in [5.41, 5.74) is 0. The zero-order chi connectivity index (χ0) is 8.70. The third-order valence-corrected chi connectivity index (χ3v) is 8.66. The van der Waals surface area contributed by atoms with Gasteiger partial charge in [-0.1, -0.05) is 4.48 Å². The lowest BCUT2D eigenvalue weighted by Gasteiger charge is -2.16. The van der Waals surface area contributed by atoms with Crippen LogP contribution in [0.5, 0.6) is 0 Å². The Balaban J connectivity index is 2.66. The molecule has 0 unspecified atom stereocenters. The second-order valence-corrected chi connectivity index (χ2v) is 10.0. The van der Waals surface area contributed by atoms with Gasteiger partial charge in [0.05, 0.1) is 5.34 Å². The summed E-state index contributed by atoms with van der Waals surface area (Å²) >= 11 is 0. The van der Waals surface area contributed by atoms with Crippen molar-refractivity contribution in [1.82, 2.24) is 15.7 Å². The fourth-order valence-electron chi connectivity index (χ4n) is 0.445. The maximum absolute atomic E-state index is 12.2. The largest absolute Gasteiger partial charge is 0.535 e. The lowest BCUT2D eigenvalue weighted by molar-refractivity contribution is -0.0332. The number of hydrogen-bond acceptors (Lipinski definition) is 3. The summed E-state index contributed by atoms with van der Waals surface area (Å²) < 4.78 is 60.6. The van der Waals surface area contributed by atoms with Gasteiger partial charge in [-0.15, -0.1) is 0 Å². The lowest BCUT2D eigenvalue weighted by atomic mass is 12.5. The van der Waals surface area contributed by atoms with Gasteiger partial charge in [0.1, 0.15) is 0 Å². The van der Waals surface area contributed by atoms with E-state index in [9.17, 15) is 21.3 Å². The fourth-order valence-corrected chi connectivity index (χ4v) is 6.86. The summed E-state index contributed by atoms with van der Waals surface area (Å²) in [5, 5.41) is 1.06. The molecular weight excluding hydrogens is 230 g/mol. The Morgan fingerprint density at radius 3 is 1.64 bits per heavy atom. The standard InChI is InChI=1S/F5H3N3P3/c1-8-6-10(2,3)9-11(4,5)7-8/h6-7,9H/q+2. The average molecular weight is 233 g/mol. The van der Waals surface area contributed by atoms with Crippen LogP contribution < -0.4 is 10.4 Å². The molecule has 1 heterocycles. The number of rotatable bonds is 0. The van der Waals surface area contributed by atoms with Crippen molar-refractivity contribution >= 4 is 23.4 Å². The minimum absolute atomic E-state index is 0.946. The molecule has 1 aliphatic heterocycles. The van der Waals surface area contributed by atoms with Crippen molar-refractivity contribution in [3.05, 3.63) is 0 Å². The van der Waals surface area contributed by atoms with E-state index in [-0.39, 0.29) is 0 Å². The molecule has 0 aromatic rings. The molecule has 1 saturated heterocycles. The van der Waals surface area contributed by atoms with E-state index in [1.165, 1.54) is 0 Å². The molecule has 0 aromatic heterocycles. The summed E-state index contributed by atoms with van der Waals surface area (Å²) in [7, 11) is -11.7. The highest BCUT2D eigenvalue weighted by Crippen LogP contribution is 2.95. The number of hydrogen-bond donors (Lipinski definition) is 2. The van der Waals surface area contributed by atoms with Crippen LogP contribution in [0.1, 0.15) is 0 Å². The van der Waals surface area contributed by atoms with Crippen LogP contribution in [0, 0.1) is 0 Å². The molecular formula is H3F5N3P3+2. The molecule has 1 aliphatic rings. The Morgan fingerprint density at radius 1 is 1.00 bits per heavy atom. The summed E-state index contributed by atoms with van der Waals surface area (Å²) in [6, 6.07) is 0. The number of halogens is 5. The van der Waals surface area contributed by atoms with E-state index in [1.807, 2.05) is 0 Å². The van der Waals surface area contributed by atoms with E-state index in [2.05, 4.69) is 0 Å². The number of hydrazine groups is 2. The normalized spacial score (nSPS) is 30.3. The van der Waals surface area contributed by atoms with Crippen molar-refractivity contribution in [2.24, 2.45) is 0 Å². The molecule has 11 heavy (non-hydrogen) atoms. The first-order valence-corrected chi connectivity index (χ1v) is 8.01. The summed E-state index contributed by atoms with van der Waals surface area (Å²) in [6.07, 6.45) is 0. The smallest absolute Gasteiger partial charge is 0.0939 e. The topological polar surface area (TPSA) is 27.3 Å². The minimum Gasteiger partial charge on any atom is -0.0939 e. The van der Waals surface area contributed by atoms with Crippen LogP contribution in [0.3, 0.4) is 0 Å². The average Bonchev–Trinajstić information content (AvgIpc) is 1.49. The van der Waals surface area contributed by atoms with Gasteiger partial charge in [0.2, 0.25) is 0 Å². The van der Waals surface area contributed by atoms with Crippen LogP contribution in [-0.2, 0) is 0 Å². The first-order chi connectivity index (χ1) is 4.81. The SMILES string of the molecule is FN1N[P+](F)(F)P[P+](F)(F)N1. The highest BCUT2D eigenvalue weighted by atomic mass is 32.5. The molecule has 2 N–H and O–H groups in total. The zero-order valence-corrected chi connectivity index (χ0v) is 7.52. The van der Waals surface area contributed by atoms with Crippen LogP contribution in [-0.4, -0.2) is 5.34 Å². The van der Waals surface area contributed by atoms with Crippen LogP contribution in [0.15, 0.2) is 0 Å². The van der Waals surface area contributed by atoms with Crippen molar-refractivity contribution < 1.29 is 21.3 Å². The first-order valence-electron chi connectivity index (χ1n) is 2.19. The Hall–Kier alpha value is 0.820. The Bertz CT molecular complexity index is 143. The molecule has 1 rings (SSSR count). The lowest BCUT2D eigenvalue weighted by Crippen LogP contribution is -2.39. The Kier molecular flexibility index (Phi) is 2.65. The second kappa shape index (κ2) is 2.95. The van der Waals surface area contributed by atoms with Gasteiger partial charge in [-0.25, -0.2) is 0 Å². The van der Waals surface area contributed by atoms with Crippen molar-refractivity contribution in [2.45, 2.75) is 0 Å². The van der Waals surface area contributed by atoms with Crippen molar-refractivity contribution in [1.29, 1.82) is 0 Å². The third-order valence-electron chi connectivity index (χ3n) is 0.678. The number of nitrogens with zero attached hydrogens (tertiary/aromatic N) is 1. The van der Waals surface area contributed by atoms with Crippen molar-refractivity contribution in [2.75, 3.05) is 0 Å². The van der Waals surface area contributed by atoms with Gasteiger partial charge in [-0.3, -0.25) is 0 Å². The molecule has 0 spiro atoms. The van der Waals surface area contributed by atoms with Gasteiger partial charge in [0.25, 0.3) is 0 Å². The Labute approximate surface area is 61.4 Å². The zero-order valence-electron chi connectivity index (χ0n) is 4.73. The molecule has 0 amide bonds. The predicted octanol–water partition coefficient (Wildman–Crippen LogP) is 3.11. The van der Waals surface area contributed by atoms with Crippen molar-refractivity contribution in [3.63, 3.8) is 0 Å². The maximum Gasteiger partial charge on any atom is 0.535 e. The van der Waals surface area contributed by atoms with E-state index in [4.69, 9.17) is 0 Å². The number of nitrogens with one attached hydrogen (secondary N) is 2. The molecule has 3 nitrogen and oxygen atoms in total. The maximum atomic E-state index is 12.2. The Morgan fingerprint density at radius 2 is 1.36 bits per heavy atom. The van der Waals surface area contributed by atoms with E-state index in [0.29, 0.717) is 0 Å². The van der Waals surface area contributed by atoms with E-state index in [1.54, 1.807) is 0 Å². The third kappa shape index (κ3) is 2.98. The van der Waals surface area contributed by atoms with Crippen LogP contribution >= 0.6 is 23.4 Å². The highest BCUT2D eigenvalue weighted by molar-refractivity contribution is 8.57. The van der Waals surface area contributed by atoms with E-state index >= 15 is 0 Å². The predicted molar refractivity (Wildman–Crippen MR) is 35.8 cm³/mol. The van der Waals surface area contributed by atoms with Gasteiger partial charge in [0.15, 0.2) is 0 Å². The van der Waals surface area contributed by atoms with E-state index < -0.39 is 28.7 Å². The van der Waals surface area contributed by atoms with E-state index in [0.717, 1.165) is 10.4 Å².